The van der Waals surface area contributed by atoms with E-state index in [0.29, 0.717) is 35.7 Å². The molecular weight excluding hydrogens is 273 g/mol. The van der Waals surface area contributed by atoms with Crippen LogP contribution in [0, 0.1) is 5.92 Å². The zero-order valence-electron chi connectivity index (χ0n) is 10.6. The summed E-state index contributed by atoms with van der Waals surface area (Å²) in [6.45, 7) is 5.51. The molecule has 1 atom stereocenters. The molecule has 0 saturated carbocycles. The van der Waals surface area contributed by atoms with Gasteiger partial charge in [0, 0.05) is 28.9 Å². The molecule has 0 saturated heterocycles. The molecule has 0 amide bonds. The van der Waals surface area contributed by atoms with Crippen molar-refractivity contribution in [2.45, 2.75) is 20.0 Å². The van der Waals surface area contributed by atoms with Gasteiger partial charge in [0.15, 0.2) is 0 Å². The number of aliphatic hydroxyl groups excluding tert-OH is 1. The molecule has 5 heteroatoms. The lowest BCUT2D eigenvalue weighted by atomic mass is 10.2. The van der Waals surface area contributed by atoms with E-state index < -0.39 is 6.10 Å². The van der Waals surface area contributed by atoms with Crippen LogP contribution in [-0.2, 0) is 4.74 Å². The number of hydrogen-bond acceptors (Lipinski definition) is 3. The molecule has 0 spiro atoms. The summed E-state index contributed by atoms with van der Waals surface area (Å²) in [7, 11) is 0. The number of hydrogen-bond donors (Lipinski definition) is 2. The first-order chi connectivity index (χ1) is 8.47. The third-order valence-electron chi connectivity index (χ3n) is 2.17. The van der Waals surface area contributed by atoms with E-state index in [1.807, 2.05) is 0 Å². The van der Waals surface area contributed by atoms with Crippen LogP contribution >= 0.6 is 23.2 Å². The van der Waals surface area contributed by atoms with Gasteiger partial charge in [-0.2, -0.15) is 0 Å². The minimum atomic E-state index is -0.554. The Labute approximate surface area is 118 Å². The second kappa shape index (κ2) is 7.85. The van der Waals surface area contributed by atoms with Gasteiger partial charge in [-0.1, -0.05) is 37.0 Å². The van der Waals surface area contributed by atoms with Gasteiger partial charge in [-0.25, -0.2) is 0 Å². The summed E-state index contributed by atoms with van der Waals surface area (Å²) in [5.74, 6) is 0.469. The average Bonchev–Trinajstić information content (AvgIpc) is 2.24. The molecule has 0 aliphatic carbocycles. The van der Waals surface area contributed by atoms with Crippen molar-refractivity contribution in [1.29, 1.82) is 0 Å². The van der Waals surface area contributed by atoms with Crippen LogP contribution in [0.5, 0.6) is 0 Å². The summed E-state index contributed by atoms with van der Waals surface area (Å²) in [4.78, 5) is 0. The Bertz CT molecular complexity index is 352. The molecule has 18 heavy (non-hydrogen) atoms. The smallest absolute Gasteiger partial charge is 0.0945 e. The first-order valence-corrected chi connectivity index (χ1v) is 6.68. The van der Waals surface area contributed by atoms with Crippen molar-refractivity contribution in [2.75, 3.05) is 25.1 Å². The second-order valence-corrected chi connectivity index (χ2v) is 5.50. The predicted molar refractivity (Wildman–Crippen MR) is 76.6 cm³/mol. The van der Waals surface area contributed by atoms with Crippen LogP contribution in [0.3, 0.4) is 0 Å². The summed E-state index contributed by atoms with van der Waals surface area (Å²) in [6.07, 6.45) is -0.554. The summed E-state index contributed by atoms with van der Waals surface area (Å²) < 4.78 is 5.35. The second-order valence-electron chi connectivity index (χ2n) is 4.62. The lowest BCUT2D eigenvalue weighted by Gasteiger charge is -2.14. The minimum Gasteiger partial charge on any atom is -0.389 e. The topological polar surface area (TPSA) is 41.5 Å². The largest absolute Gasteiger partial charge is 0.389 e. The molecule has 1 aromatic rings. The molecule has 1 unspecified atom stereocenters. The van der Waals surface area contributed by atoms with Crippen LogP contribution in [0.15, 0.2) is 18.2 Å². The van der Waals surface area contributed by atoms with Crippen molar-refractivity contribution in [3.8, 4) is 0 Å². The Morgan fingerprint density at radius 2 is 1.78 bits per heavy atom. The minimum absolute atomic E-state index is 0.319. The Morgan fingerprint density at radius 3 is 2.33 bits per heavy atom. The molecule has 0 fully saturated rings. The van der Waals surface area contributed by atoms with Crippen LogP contribution in [0.25, 0.3) is 0 Å². The Hall–Kier alpha value is -0.480. The Morgan fingerprint density at radius 1 is 1.17 bits per heavy atom. The van der Waals surface area contributed by atoms with Gasteiger partial charge in [0.25, 0.3) is 0 Å². The van der Waals surface area contributed by atoms with E-state index in [-0.39, 0.29) is 0 Å². The molecular formula is C13H19Cl2NO2. The SMILES string of the molecule is CC(C)COCC(O)CNc1cc(Cl)cc(Cl)c1. The highest BCUT2D eigenvalue weighted by Crippen LogP contribution is 2.22. The molecule has 0 radical (unpaired) electrons. The molecule has 102 valence electrons. The van der Waals surface area contributed by atoms with Crippen molar-refractivity contribution in [1.82, 2.24) is 0 Å². The first-order valence-electron chi connectivity index (χ1n) is 5.93. The van der Waals surface area contributed by atoms with E-state index in [2.05, 4.69) is 19.2 Å². The van der Waals surface area contributed by atoms with E-state index in [0.717, 1.165) is 5.69 Å². The van der Waals surface area contributed by atoms with E-state index in [1.165, 1.54) is 0 Å². The van der Waals surface area contributed by atoms with Crippen molar-refractivity contribution in [3.63, 3.8) is 0 Å². The van der Waals surface area contributed by atoms with Gasteiger partial charge in [0.05, 0.1) is 12.7 Å². The number of halogens is 2. The molecule has 0 aliphatic rings. The van der Waals surface area contributed by atoms with Gasteiger partial charge in [-0.3, -0.25) is 0 Å². The number of anilines is 1. The van der Waals surface area contributed by atoms with Gasteiger partial charge in [0.1, 0.15) is 0 Å². The van der Waals surface area contributed by atoms with Crippen molar-refractivity contribution in [2.24, 2.45) is 5.92 Å². The van der Waals surface area contributed by atoms with Crippen LogP contribution < -0.4 is 5.32 Å². The number of benzene rings is 1. The summed E-state index contributed by atoms with van der Waals surface area (Å²) in [5, 5.41) is 13.9. The van der Waals surface area contributed by atoms with E-state index in [1.54, 1.807) is 18.2 Å². The average molecular weight is 292 g/mol. The summed E-state index contributed by atoms with van der Waals surface area (Å²) >= 11 is 11.7. The van der Waals surface area contributed by atoms with Gasteiger partial charge in [0.2, 0.25) is 0 Å². The number of ether oxygens (including phenoxy) is 1. The highest BCUT2D eigenvalue weighted by atomic mass is 35.5. The van der Waals surface area contributed by atoms with Gasteiger partial charge in [-0.05, 0) is 24.1 Å². The molecule has 1 aromatic carbocycles. The fourth-order valence-corrected chi connectivity index (χ4v) is 1.92. The van der Waals surface area contributed by atoms with Crippen molar-refractivity contribution in [3.05, 3.63) is 28.2 Å². The third-order valence-corrected chi connectivity index (χ3v) is 2.60. The first kappa shape index (κ1) is 15.6. The van der Waals surface area contributed by atoms with Crippen molar-refractivity contribution >= 4 is 28.9 Å². The van der Waals surface area contributed by atoms with E-state index in [9.17, 15) is 5.11 Å². The Balaban J connectivity index is 2.31. The zero-order valence-corrected chi connectivity index (χ0v) is 12.1. The molecule has 1 rings (SSSR count). The van der Waals surface area contributed by atoms with Gasteiger partial charge in [-0.15, -0.1) is 0 Å². The number of aliphatic hydroxyl groups is 1. The predicted octanol–water partition coefficient (Wildman–Crippen LogP) is 3.44. The normalized spacial score (nSPS) is 12.8. The van der Waals surface area contributed by atoms with Crippen molar-refractivity contribution < 1.29 is 9.84 Å². The quantitative estimate of drug-likeness (QED) is 0.809. The van der Waals surface area contributed by atoms with E-state index in [4.69, 9.17) is 27.9 Å². The summed E-state index contributed by atoms with van der Waals surface area (Å²) in [5.41, 5.74) is 0.787. The Kier molecular flexibility index (Phi) is 6.79. The maximum absolute atomic E-state index is 9.71. The summed E-state index contributed by atoms with van der Waals surface area (Å²) in [6, 6.07) is 5.18. The molecule has 0 aromatic heterocycles. The fourth-order valence-electron chi connectivity index (χ4n) is 1.39. The van der Waals surface area contributed by atoms with Crippen LogP contribution in [0.1, 0.15) is 13.8 Å². The lowest BCUT2D eigenvalue weighted by molar-refractivity contribution is 0.0318. The standard InChI is InChI=1S/C13H19Cl2NO2/c1-9(2)7-18-8-13(17)6-16-12-4-10(14)3-11(15)5-12/h3-5,9,13,16-17H,6-8H2,1-2H3. The number of nitrogens with one attached hydrogen (secondary N) is 1. The van der Waals surface area contributed by atoms with Crippen LogP contribution in [0.4, 0.5) is 5.69 Å². The molecule has 0 bridgehead atoms. The van der Waals surface area contributed by atoms with Gasteiger partial charge < -0.3 is 15.2 Å². The lowest BCUT2D eigenvalue weighted by Crippen LogP contribution is -2.25. The highest BCUT2D eigenvalue weighted by molar-refractivity contribution is 6.35. The molecule has 0 heterocycles. The van der Waals surface area contributed by atoms with Gasteiger partial charge >= 0.3 is 0 Å². The highest BCUT2D eigenvalue weighted by Gasteiger charge is 2.05. The third kappa shape index (κ3) is 6.45. The van der Waals surface area contributed by atoms with E-state index >= 15 is 0 Å². The zero-order chi connectivity index (χ0) is 13.5. The molecule has 2 N–H and O–H groups in total. The monoisotopic (exact) mass is 291 g/mol. The maximum Gasteiger partial charge on any atom is 0.0945 e. The molecule has 0 aliphatic heterocycles. The maximum atomic E-state index is 9.71. The number of rotatable bonds is 7. The fraction of sp³-hybridized carbons (Fsp3) is 0.538. The van der Waals surface area contributed by atoms with Crippen LogP contribution in [0.2, 0.25) is 10.0 Å². The molecule has 3 nitrogen and oxygen atoms in total. The van der Waals surface area contributed by atoms with Crippen LogP contribution in [-0.4, -0.2) is 31.0 Å².